The number of nitrogens with zero attached hydrogens (tertiary/aromatic N) is 1. The molecule has 1 atom stereocenters. The van der Waals surface area contributed by atoms with Gasteiger partial charge >= 0.3 is 6.18 Å². The van der Waals surface area contributed by atoms with Gasteiger partial charge in [0.1, 0.15) is 5.82 Å². The number of hydrogen-bond donors (Lipinski definition) is 1. The van der Waals surface area contributed by atoms with Crippen LogP contribution < -0.4 is 4.90 Å². The molecule has 6 heteroatoms. The van der Waals surface area contributed by atoms with Gasteiger partial charge in [-0.1, -0.05) is 0 Å². The molecule has 0 spiro atoms. The SMILES string of the molecule is CN(C)c1ccc(F)cc1[C@@H](O)C(F)(F)F. The molecule has 0 unspecified atom stereocenters. The van der Waals surface area contributed by atoms with Gasteiger partial charge in [0.25, 0.3) is 0 Å². The van der Waals surface area contributed by atoms with Crippen LogP contribution >= 0.6 is 0 Å². The fraction of sp³-hybridized carbons (Fsp3) is 0.400. The second-order valence-corrected chi connectivity index (χ2v) is 3.54. The second-order valence-electron chi connectivity index (χ2n) is 3.54. The van der Waals surface area contributed by atoms with Gasteiger partial charge in [0.15, 0.2) is 6.10 Å². The van der Waals surface area contributed by atoms with Gasteiger partial charge in [-0.05, 0) is 18.2 Å². The Morgan fingerprint density at radius 1 is 1.25 bits per heavy atom. The van der Waals surface area contributed by atoms with E-state index < -0.39 is 23.7 Å². The van der Waals surface area contributed by atoms with Crippen molar-refractivity contribution < 1.29 is 22.7 Å². The molecule has 0 saturated carbocycles. The van der Waals surface area contributed by atoms with Crippen LogP contribution in [-0.2, 0) is 0 Å². The summed E-state index contributed by atoms with van der Waals surface area (Å²) in [6, 6.07) is 2.93. The first kappa shape index (κ1) is 12.8. The highest BCUT2D eigenvalue weighted by atomic mass is 19.4. The predicted octanol–water partition coefficient (Wildman–Crippen LogP) is 2.49. The Labute approximate surface area is 90.1 Å². The van der Waals surface area contributed by atoms with E-state index in [1.807, 2.05) is 0 Å². The van der Waals surface area contributed by atoms with Crippen LogP contribution in [0.25, 0.3) is 0 Å². The van der Waals surface area contributed by atoms with Crippen molar-refractivity contribution in [2.75, 3.05) is 19.0 Å². The number of aliphatic hydroxyl groups is 1. The van der Waals surface area contributed by atoms with Crippen LogP contribution in [0.2, 0.25) is 0 Å². The van der Waals surface area contributed by atoms with E-state index >= 15 is 0 Å². The maximum Gasteiger partial charge on any atom is 0.418 e. The Morgan fingerprint density at radius 2 is 1.81 bits per heavy atom. The van der Waals surface area contributed by atoms with Crippen LogP contribution in [0.4, 0.5) is 23.2 Å². The molecule has 16 heavy (non-hydrogen) atoms. The summed E-state index contributed by atoms with van der Waals surface area (Å²) in [4.78, 5) is 1.38. The molecule has 0 aromatic heterocycles. The number of halogens is 4. The first-order valence-electron chi connectivity index (χ1n) is 4.45. The van der Waals surface area contributed by atoms with E-state index in [4.69, 9.17) is 5.11 Å². The molecule has 0 saturated heterocycles. The Morgan fingerprint density at radius 3 is 2.25 bits per heavy atom. The van der Waals surface area contributed by atoms with Crippen LogP contribution in [0.3, 0.4) is 0 Å². The fourth-order valence-electron chi connectivity index (χ4n) is 1.33. The lowest BCUT2D eigenvalue weighted by Gasteiger charge is -2.22. The maximum atomic E-state index is 12.9. The van der Waals surface area contributed by atoms with Gasteiger partial charge in [0.05, 0.1) is 0 Å². The van der Waals surface area contributed by atoms with E-state index in [0.29, 0.717) is 6.07 Å². The molecular weight excluding hydrogens is 226 g/mol. The minimum Gasteiger partial charge on any atom is -0.379 e. The summed E-state index contributed by atoms with van der Waals surface area (Å²) in [5, 5.41) is 9.09. The van der Waals surface area contributed by atoms with Crippen molar-refractivity contribution in [1.29, 1.82) is 0 Å². The largest absolute Gasteiger partial charge is 0.418 e. The summed E-state index contributed by atoms with van der Waals surface area (Å²) < 4.78 is 49.8. The molecule has 0 aliphatic carbocycles. The zero-order chi connectivity index (χ0) is 12.5. The van der Waals surface area contributed by atoms with E-state index in [1.54, 1.807) is 0 Å². The van der Waals surface area contributed by atoms with E-state index in [2.05, 4.69) is 0 Å². The lowest BCUT2D eigenvalue weighted by atomic mass is 10.1. The van der Waals surface area contributed by atoms with Gasteiger partial charge in [-0.3, -0.25) is 0 Å². The van der Waals surface area contributed by atoms with Crippen LogP contribution in [0, 0.1) is 5.82 Å². The van der Waals surface area contributed by atoms with Crippen LogP contribution in [-0.4, -0.2) is 25.4 Å². The normalized spacial score (nSPS) is 13.7. The topological polar surface area (TPSA) is 23.5 Å². The average molecular weight is 237 g/mol. The number of hydrogen-bond acceptors (Lipinski definition) is 2. The molecule has 0 bridgehead atoms. The Bertz CT molecular complexity index is 376. The van der Waals surface area contributed by atoms with Crippen molar-refractivity contribution in [2.45, 2.75) is 12.3 Å². The fourth-order valence-corrected chi connectivity index (χ4v) is 1.33. The molecule has 1 aromatic rings. The van der Waals surface area contributed by atoms with Crippen molar-refractivity contribution in [3.8, 4) is 0 Å². The van der Waals surface area contributed by atoms with Crippen molar-refractivity contribution in [3.05, 3.63) is 29.6 Å². The Kier molecular flexibility index (Phi) is 3.42. The molecule has 0 amide bonds. The summed E-state index contributed by atoms with van der Waals surface area (Å²) >= 11 is 0. The number of alkyl halides is 3. The molecule has 0 radical (unpaired) electrons. The van der Waals surface area contributed by atoms with E-state index in [1.165, 1.54) is 25.1 Å². The maximum absolute atomic E-state index is 12.9. The van der Waals surface area contributed by atoms with Gasteiger partial charge in [-0.15, -0.1) is 0 Å². The highest BCUT2D eigenvalue weighted by molar-refractivity contribution is 5.54. The van der Waals surface area contributed by atoms with Gasteiger partial charge < -0.3 is 10.0 Å². The second kappa shape index (κ2) is 4.29. The van der Waals surface area contributed by atoms with Crippen molar-refractivity contribution in [1.82, 2.24) is 0 Å². The summed E-state index contributed by atoms with van der Waals surface area (Å²) in [5.74, 6) is -0.816. The number of rotatable bonds is 2. The monoisotopic (exact) mass is 237 g/mol. The quantitative estimate of drug-likeness (QED) is 0.799. The highest BCUT2D eigenvalue weighted by Gasteiger charge is 2.40. The van der Waals surface area contributed by atoms with Crippen LogP contribution in [0.5, 0.6) is 0 Å². The smallest absolute Gasteiger partial charge is 0.379 e. The first-order valence-corrected chi connectivity index (χ1v) is 4.45. The zero-order valence-corrected chi connectivity index (χ0v) is 8.72. The third-order valence-corrected chi connectivity index (χ3v) is 2.08. The molecule has 1 rings (SSSR count). The minimum atomic E-state index is -4.81. The molecule has 0 aliphatic heterocycles. The molecule has 1 aromatic carbocycles. The Balaban J connectivity index is 3.25. The van der Waals surface area contributed by atoms with Gasteiger partial charge in [-0.2, -0.15) is 13.2 Å². The first-order chi connectivity index (χ1) is 7.23. The number of benzene rings is 1. The van der Waals surface area contributed by atoms with E-state index in [9.17, 15) is 17.6 Å². The van der Waals surface area contributed by atoms with Gasteiger partial charge in [0, 0.05) is 25.3 Å². The standard InChI is InChI=1S/C10H11F4NO/c1-15(2)8-4-3-6(11)5-7(8)9(16)10(12,13)14/h3-5,9,16H,1-2H3/t9-/m1/s1. The molecule has 0 heterocycles. The lowest BCUT2D eigenvalue weighted by molar-refractivity contribution is -0.206. The summed E-state index contributed by atoms with van der Waals surface area (Å²) in [5.41, 5.74) is -0.358. The summed E-state index contributed by atoms with van der Waals surface area (Å²) in [7, 11) is 3.03. The highest BCUT2D eigenvalue weighted by Crippen LogP contribution is 2.37. The van der Waals surface area contributed by atoms with Crippen LogP contribution in [0.15, 0.2) is 18.2 Å². The number of aliphatic hydroxyl groups excluding tert-OH is 1. The molecule has 0 fully saturated rings. The summed E-state index contributed by atoms with van der Waals surface area (Å²) in [6.07, 6.45) is -7.49. The van der Waals surface area contributed by atoms with E-state index in [0.717, 1.165) is 6.07 Å². The summed E-state index contributed by atoms with van der Waals surface area (Å²) in [6.45, 7) is 0. The molecule has 1 N–H and O–H groups in total. The predicted molar refractivity (Wildman–Crippen MR) is 51.7 cm³/mol. The van der Waals surface area contributed by atoms with E-state index in [-0.39, 0.29) is 5.69 Å². The van der Waals surface area contributed by atoms with Crippen molar-refractivity contribution in [3.63, 3.8) is 0 Å². The van der Waals surface area contributed by atoms with Gasteiger partial charge in [0.2, 0.25) is 0 Å². The minimum absolute atomic E-state index is 0.131. The third kappa shape index (κ3) is 2.63. The lowest BCUT2D eigenvalue weighted by Crippen LogP contribution is -2.23. The molecule has 0 aliphatic rings. The average Bonchev–Trinajstić information content (AvgIpc) is 2.14. The third-order valence-electron chi connectivity index (χ3n) is 2.08. The molecule has 90 valence electrons. The molecular formula is C10H11F4NO. The zero-order valence-electron chi connectivity index (χ0n) is 8.72. The van der Waals surface area contributed by atoms with Crippen molar-refractivity contribution >= 4 is 5.69 Å². The molecule has 2 nitrogen and oxygen atoms in total. The Hall–Kier alpha value is -1.30. The van der Waals surface area contributed by atoms with Crippen molar-refractivity contribution in [2.24, 2.45) is 0 Å². The van der Waals surface area contributed by atoms with Crippen LogP contribution in [0.1, 0.15) is 11.7 Å². The number of anilines is 1. The van der Waals surface area contributed by atoms with Gasteiger partial charge in [-0.25, -0.2) is 4.39 Å².